The predicted octanol–water partition coefficient (Wildman–Crippen LogP) is 0.0296. The van der Waals surface area contributed by atoms with Gasteiger partial charge in [-0.05, 0) is 29.8 Å². The van der Waals surface area contributed by atoms with E-state index in [1.807, 2.05) is 0 Å². The van der Waals surface area contributed by atoms with Crippen LogP contribution < -0.4 is 61.6 Å². The molecule has 0 spiro atoms. The predicted molar refractivity (Wildman–Crippen MR) is 67.6 cm³/mol. The maximum absolute atomic E-state index is 12.6. The van der Waals surface area contributed by atoms with Gasteiger partial charge in [-0.2, -0.15) is 0 Å². The second kappa shape index (κ2) is 7.51. The molecule has 0 fully saturated rings. The quantitative estimate of drug-likeness (QED) is 0.808. The van der Waals surface area contributed by atoms with Gasteiger partial charge in [0.15, 0.2) is 0 Å². The molecule has 0 aromatic heterocycles. The average Bonchev–Trinajstić information content (AvgIpc) is 2.37. The number of aromatic hydroxyl groups is 1. The van der Waals surface area contributed by atoms with Gasteiger partial charge in [0, 0.05) is 0 Å². The summed E-state index contributed by atoms with van der Waals surface area (Å²) in [6.45, 7) is -4.87. The van der Waals surface area contributed by atoms with E-state index in [2.05, 4.69) is 0 Å². The zero-order chi connectivity index (χ0) is 13.9. The zero-order valence-corrected chi connectivity index (χ0v) is 14.0. The molecule has 0 heterocycles. The molecular formula is C13H11BF3KO2. The Balaban J connectivity index is 0.00000200. The molecule has 0 aliphatic carbocycles. The van der Waals surface area contributed by atoms with E-state index >= 15 is 0 Å². The van der Waals surface area contributed by atoms with E-state index in [4.69, 9.17) is 9.84 Å². The summed E-state index contributed by atoms with van der Waals surface area (Å²) in [5.74, 6) is 0.301. The number of phenolic OH excluding ortho intramolecular Hbond substituents is 1. The van der Waals surface area contributed by atoms with Crippen molar-refractivity contribution in [1.82, 2.24) is 0 Å². The summed E-state index contributed by atoms with van der Waals surface area (Å²) in [6, 6.07) is 11.1. The zero-order valence-electron chi connectivity index (χ0n) is 10.9. The Kier molecular flexibility index (Phi) is 6.61. The topological polar surface area (TPSA) is 29.5 Å². The molecule has 100 valence electrons. The summed E-state index contributed by atoms with van der Waals surface area (Å²) in [4.78, 5) is 0. The van der Waals surface area contributed by atoms with Crippen LogP contribution in [0.4, 0.5) is 12.9 Å². The first-order valence-electron chi connectivity index (χ1n) is 5.66. The Morgan fingerprint density at radius 1 is 1.00 bits per heavy atom. The number of benzene rings is 2. The van der Waals surface area contributed by atoms with Gasteiger partial charge in [0.25, 0.3) is 0 Å². The molecule has 2 rings (SSSR count). The standard InChI is InChI=1S/C13H11BF3O2.K/c15-14(16,17)11-2-1-3-13(8-11)19-9-10-4-6-12(18)7-5-10;/h1-8,18H,9H2;/q-1;+1. The van der Waals surface area contributed by atoms with Crippen LogP contribution in [0.3, 0.4) is 0 Å². The summed E-state index contributed by atoms with van der Waals surface area (Å²) in [6.07, 6.45) is 0. The summed E-state index contributed by atoms with van der Waals surface area (Å²) in [7, 11) is 0. The summed E-state index contributed by atoms with van der Waals surface area (Å²) >= 11 is 0. The van der Waals surface area contributed by atoms with E-state index in [9.17, 15) is 12.9 Å². The molecule has 0 radical (unpaired) electrons. The minimum atomic E-state index is -5.01. The number of halogens is 3. The molecule has 0 bridgehead atoms. The Morgan fingerprint density at radius 3 is 2.25 bits per heavy atom. The van der Waals surface area contributed by atoms with Crippen molar-refractivity contribution in [2.24, 2.45) is 0 Å². The van der Waals surface area contributed by atoms with Crippen molar-refractivity contribution in [1.29, 1.82) is 0 Å². The molecule has 1 N–H and O–H groups in total. The molecule has 0 unspecified atom stereocenters. The van der Waals surface area contributed by atoms with Crippen molar-refractivity contribution in [2.75, 3.05) is 0 Å². The second-order valence-corrected chi connectivity index (χ2v) is 4.10. The van der Waals surface area contributed by atoms with Gasteiger partial charge in [-0.15, -0.1) is 5.46 Å². The van der Waals surface area contributed by atoms with Gasteiger partial charge in [-0.1, -0.05) is 24.3 Å². The third-order valence-electron chi connectivity index (χ3n) is 2.58. The molecule has 0 amide bonds. The maximum atomic E-state index is 12.6. The van der Waals surface area contributed by atoms with Crippen LogP contribution in [0, 0.1) is 0 Å². The van der Waals surface area contributed by atoms with Crippen molar-refractivity contribution in [3.8, 4) is 11.5 Å². The van der Waals surface area contributed by atoms with Crippen LogP contribution in [0.25, 0.3) is 0 Å². The van der Waals surface area contributed by atoms with Crippen LogP contribution in [0.1, 0.15) is 5.56 Å². The second-order valence-electron chi connectivity index (χ2n) is 4.10. The first-order valence-corrected chi connectivity index (χ1v) is 5.66. The molecule has 0 aliphatic rings. The fourth-order valence-electron chi connectivity index (χ4n) is 1.57. The van der Waals surface area contributed by atoms with E-state index < -0.39 is 12.4 Å². The third-order valence-corrected chi connectivity index (χ3v) is 2.58. The molecule has 0 atom stereocenters. The van der Waals surface area contributed by atoms with Crippen LogP contribution >= 0.6 is 0 Å². The summed E-state index contributed by atoms with van der Waals surface area (Å²) in [5.41, 5.74) is 0.0870. The molecule has 2 aromatic carbocycles. The normalized spacial score (nSPS) is 10.8. The third kappa shape index (κ3) is 5.14. The molecule has 0 saturated carbocycles. The average molecular weight is 306 g/mol. The monoisotopic (exact) mass is 306 g/mol. The van der Waals surface area contributed by atoms with Crippen molar-refractivity contribution >= 4 is 12.4 Å². The van der Waals surface area contributed by atoms with Crippen LogP contribution in [0.2, 0.25) is 0 Å². The maximum Gasteiger partial charge on any atom is 1.00 e. The summed E-state index contributed by atoms with van der Waals surface area (Å²) < 4.78 is 43.0. The number of hydrogen-bond donors (Lipinski definition) is 1. The first-order chi connectivity index (χ1) is 8.95. The van der Waals surface area contributed by atoms with Crippen LogP contribution in [-0.4, -0.2) is 12.1 Å². The van der Waals surface area contributed by atoms with Gasteiger partial charge in [0.2, 0.25) is 0 Å². The molecule has 7 heteroatoms. The van der Waals surface area contributed by atoms with E-state index in [1.54, 1.807) is 12.1 Å². The van der Waals surface area contributed by atoms with Gasteiger partial charge in [-0.3, -0.25) is 0 Å². The van der Waals surface area contributed by atoms with Crippen LogP contribution in [0.5, 0.6) is 11.5 Å². The van der Waals surface area contributed by atoms with Gasteiger partial charge in [0.05, 0.1) is 0 Å². The van der Waals surface area contributed by atoms with Crippen molar-refractivity contribution in [3.05, 3.63) is 54.1 Å². The first kappa shape index (κ1) is 17.6. The summed E-state index contributed by atoms with van der Waals surface area (Å²) in [5, 5.41) is 9.10. The van der Waals surface area contributed by atoms with Crippen molar-refractivity contribution in [3.63, 3.8) is 0 Å². The minimum absolute atomic E-state index is 0. The molecule has 2 aromatic rings. The smallest absolute Gasteiger partial charge is 0.508 e. The van der Waals surface area contributed by atoms with Gasteiger partial charge in [-0.25, -0.2) is 0 Å². The van der Waals surface area contributed by atoms with Crippen molar-refractivity contribution in [2.45, 2.75) is 6.61 Å². The van der Waals surface area contributed by atoms with Crippen LogP contribution in [-0.2, 0) is 6.61 Å². The Hall–Kier alpha value is -0.469. The Labute approximate surface area is 157 Å². The van der Waals surface area contributed by atoms with Crippen molar-refractivity contribution < 1.29 is 74.2 Å². The molecule has 20 heavy (non-hydrogen) atoms. The van der Waals surface area contributed by atoms with E-state index in [0.717, 1.165) is 17.7 Å². The SMILES string of the molecule is Oc1ccc(COc2cccc([B-](F)(F)F)c2)cc1.[K+]. The van der Waals surface area contributed by atoms with Gasteiger partial charge in [0.1, 0.15) is 18.1 Å². The number of rotatable bonds is 4. The van der Waals surface area contributed by atoms with E-state index in [0.29, 0.717) is 0 Å². The minimum Gasteiger partial charge on any atom is -0.508 e. The van der Waals surface area contributed by atoms with Gasteiger partial charge < -0.3 is 22.8 Å². The largest absolute Gasteiger partial charge is 1.00 e. The Morgan fingerprint density at radius 2 is 1.65 bits per heavy atom. The Bertz CT molecular complexity index is 558. The van der Waals surface area contributed by atoms with Gasteiger partial charge >= 0.3 is 58.4 Å². The number of phenols is 1. The van der Waals surface area contributed by atoms with Crippen LogP contribution in [0.15, 0.2) is 48.5 Å². The molecule has 2 nitrogen and oxygen atoms in total. The fourth-order valence-corrected chi connectivity index (χ4v) is 1.57. The fraction of sp³-hybridized carbons (Fsp3) is 0.0769. The number of hydrogen-bond acceptors (Lipinski definition) is 2. The molecular weight excluding hydrogens is 295 g/mol. The van der Waals surface area contributed by atoms with E-state index in [1.165, 1.54) is 24.3 Å². The molecule has 0 saturated heterocycles. The van der Waals surface area contributed by atoms with E-state index in [-0.39, 0.29) is 69.5 Å². The molecule has 0 aliphatic heterocycles. The number of ether oxygens (including phenoxy) is 1.